The molecule has 7 heteroatoms. The molecule has 1 amide bonds. The third-order valence-corrected chi connectivity index (χ3v) is 6.02. The van der Waals surface area contributed by atoms with Crippen molar-refractivity contribution in [2.24, 2.45) is 0 Å². The van der Waals surface area contributed by atoms with Crippen LogP contribution >= 0.6 is 23.1 Å². The summed E-state index contributed by atoms with van der Waals surface area (Å²) in [4.78, 5) is 33.1. The molecule has 5 nitrogen and oxygen atoms in total. The first-order valence-electron chi connectivity index (χ1n) is 8.66. The van der Waals surface area contributed by atoms with E-state index in [-0.39, 0.29) is 11.5 Å². The highest BCUT2D eigenvalue weighted by Crippen LogP contribution is 2.31. The molecule has 2 N–H and O–H groups in total. The Morgan fingerprint density at radius 1 is 1.14 bits per heavy atom. The Morgan fingerprint density at radius 3 is 2.61 bits per heavy atom. The van der Waals surface area contributed by atoms with Crippen molar-refractivity contribution in [2.75, 3.05) is 5.32 Å². The second kappa shape index (κ2) is 8.00. The van der Waals surface area contributed by atoms with Crippen molar-refractivity contribution in [1.82, 2.24) is 9.97 Å². The van der Waals surface area contributed by atoms with Gasteiger partial charge in [0.1, 0.15) is 10.7 Å². The van der Waals surface area contributed by atoms with Gasteiger partial charge in [0.05, 0.1) is 11.1 Å². The number of carbonyl (C=O) groups is 1. The number of hydrogen-bond acceptors (Lipinski definition) is 5. The van der Waals surface area contributed by atoms with Gasteiger partial charge in [0.15, 0.2) is 0 Å². The molecule has 0 atom stereocenters. The summed E-state index contributed by atoms with van der Waals surface area (Å²) < 4.78 is 0. The van der Waals surface area contributed by atoms with E-state index in [0.29, 0.717) is 17.0 Å². The number of thioether (sulfide) groups is 1. The largest absolute Gasteiger partial charge is 0.326 e. The van der Waals surface area contributed by atoms with E-state index in [2.05, 4.69) is 15.3 Å². The maximum absolute atomic E-state index is 12.7. The van der Waals surface area contributed by atoms with Gasteiger partial charge >= 0.3 is 0 Å². The number of hydrogen-bond donors (Lipinski definition) is 2. The standard InChI is InChI=1S/C21H17N3O2S2/c1-13(25)22-15-7-9-16(10-8-15)27-12-18-23-20(26)19-17(11-28-21(19)24-18)14-5-3-2-4-6-14/h2-11H,12H2,1H3,(H,22,25)(H,23,24,26). The number of rotatable bonds is 5. The van der Waals surface area contributed by atoms with Crippen molar-refractivity contribution in [3.05, 3.63) is 76.2 Å². The van der Waals surface area contributed by atoms with E-state index in [1.165, 1.54) is 18.3 Å². The summed E-state index contributed by atoms with van der Waals surface area (Å²) in [6.45, 7) is 1.48. The molecule has 4 rings (SSSR count). The molecular weight excluding hydrogens is 390 g/mol. The van der Waals surface area contributed by atoms with Crippen molar-refractivity contribution in [3.63, 3.8) is 0 Å². The van der Waals surface area contributed by atoms with Crippen molar-refractivity contribution in [3.8, 4) is 11.1 Å². The van der Waals surface area contributed by atoms with Gasteiger partial charge < -0.3 is 10.3 Å². The van der Waals surface area contributed by atoms with Crippen LogP contribution in [-0.4, -0.2) is 15.9 Å². The molecule has 28 heavy (non-hydrogen) atoms. The second-order valence-electron chi connectivity index (χ2n) is 6.20. The molecule has 0 spiro atoms. The van der Waals surface area contributed by atoms with E-state index in [9.17, 15) is 9.59 Å². The summed E-state index contributed by atoms with van der Waals surface area (Å²) in [7, 11) is 0. The fourth-order valence-electron chi connectivity index (χ4n) is 2.88. The highest BCUT2D eigenvalue weighted by atomic mass is 32.2. The molecule has 2 heterocycles. The number of H-pyrrole nitrogens is 1. The van der Waals surface area contributed by atoms with Gasteiger partial charge in [0.2, 0.25) is 5.91 Å². The summed E-state index contributed by atoms with van der Waals surface area (Å²) >= 11 is 3.07. The van der Waals surface area contributed by atoms with E-state index < -0.39 is 0 Å². The van der Waals surface area contributed by atoms with Gasteiger partial charge in [0, 0.05) is 28.5 Å². The summed E-state index contributed by atoms with van der Waals surface area (Å²) in [5.41, 5.74) is 2.59. The minimum Gasteiger partial charge on any atom is -0.326 e. The van der Waals surface area contributed by atoms with Crippen LogP contribution in [0.1, 0.15) is 12.7 Å². The lowest BCUT2D eigenvalue weighted by molar-refractivity contribution is -0.114. The smallest absolute Gasteiger partial charge is 0.260 e. The lowest BCUT2D eigenvalue weighted by atomic mass is 10.1. The Labute approximate surface area is 169 Å². The Bertz CT molecular complexity index is 1180. The SMILES string of the molecule is CC(=O)Nc1ccc(SCc2nc3scc(-c4ccccc4)c3c(=O)[nH]2)cc1. The monoisotopic (exact) mass is 407 g/mol. The highest BCUT2D eigenvalue weighted by Gasteiger charge is 2.13. The van der Waals surface area contributed by atoms with E-state index in [1.807, 2.05) is 60.0 Å². The third kappa shape index (κ3) is 4.00. The van der Waals surface area contributed by atoms with Gasteiger partial charge in [-0.2, -0.15) is 0 Å². The number of carbonyl (C=O) groups excluding carboxylic acids is 1. The highest BCUT2D eigenvalue weighted by molar-refractivity contribution is 7.98. The van der Waals surface area contributed by atoms with E-state index in [4.69, 9.17) is 0 Å². The predicted octanol–water partition coefficient (Wildman–Crippen LogP) is 4.90. The lowest BCUT2D eigenvalue weighted by Crippen LogP contribution is -2.10. The van der Waals surface area contributed by atoms with Gasteiger partial charge in [-0.15, -0.1) is 23.1 Å². The average molecular weight is 408 g/mol. The Hall–Kier alpha value is -2.90. The maximum Gasteiger partial charge on any atom is 0.260 e. The van der Waals surface area contributed by atoms with Crippen LogP contribution in [0.3, 0.4) is 0 Å². The number of thiophene rings is 1. The van der Waals surface area contributed by atoms with Crippen LogP contribution in [0.2, 0.25) is 0 Å². The van der Waals surface area contributed by atoms with E-state index >= 15 is 0 Å². The molecule has 0 unspecified atom stereocenters. The quantitative estimate of drug-likeness (QED) is 0.461. The molecule has 0 aliphatic rings. The third-order valence-electron chi connectivity index (χ3n) is 4.13. The Morgan fingerprint density at radius 2 is 1.89 bits per heavy atom. The zero-order valence-corrected chi connectivity index (χ0v) is 16.7. The second-order valence-corrected chi connectivity index (χ2v) is 8.11. The number of nitrogens with zero attached hydrogens (tertiary/aromatic N) is 1. The van der Waals surface area contributed by atoms with Gasteiger partial charge in [-0.05, 0) is 29.8 Å². The fourth-order valence-corrected chi connectivity index (χ4v) is 4.62. The molecular formula is C21H17N3O2S2. The predicted molar refractivity (Wildman–Crippen MR) is 116 cm³/mol. The molecule has 2 aromatic heterocycles. The normalized spacial score (nSPS) is 10.9. The summed E-state index contributed by atoms with van der Waals surface area (Å²) in [6.07, 6.45) is 0. The Kier molecular flexibility index (Phi) is 5.27. The first-order valence-corrected chi connectivity index (χ1v) is 10.5. The average Bonchev–Trinajstić information content (AvgIpc) is 3.12. The van der Waals surface area contributed by atoms with Crippen LogP contribution in [0.5, 0.6) is 0 Å². The molecule has 0 fully saturated rings. The summed E-state index contributed by atoms with van der Waals surface area (Å²) in [5.74, 6) is 1.11. The van der Waals surface area contributed by atoms with Crippen LogP contribution in [0, 0.1) is 0 Å². The van der Waals surface area contributed by atoms with Crippen molar-refractivity contribution in [1.29, 1.82) is 0 Å². The van der Waals surface area contributed by atoms with Crippen molar-refractivity contribution < 1.29 is 4.79 Å². The topological polar surface area (TPSA) is 74.8 Å². The summed E-state index contributed by atoms with van der Waals surface area (Å²) in [6, 6.07) is 17.5. The van der Waals surface area contributed by atoms with Gasteiger partial charge in [-0.3, -0.25) is 9.59 Å². The molecule has 2 aromatic carbocycles. The number of aromatic amines is 1. The number of anilines is 1. The van der Waals surface area contributed by atoms with Gasteiger partial charge in [0.25, 0.3) is 5.56 Å². The van der Waals surface area contributed by atoms with Crippen LogP contribution in [0.15, 0.2) is 69.7 Å². The minimum absolute atomic E-state index is 0.0960. The molecule has 0 saturated carbocycles. The number of amides is 1. The number of nitrogens with one attached hydrogen (secondary N) is 2. The molecule has 0 aliphatic carbocycles. The number of aromatic nitrogens is 2. The first kappa shape index (κ1) is 18.5. The molecule has 140 valence electrons. The fraction of sp³-hybridized carbons (Fsp3) is 0.0952. The zero-order chi connectivity index (χ0) is 19.5. The van der Waals surface area contributed by atoms with E-state index in [0.717, 1.165) is 26.5 Å². The van der Waals surface area contributed by atoms with Crippen LogP contribution in [-0.2, 0) is 10.5 Å². The van der Waals surface area contributed by atoms with Gasteiger partial charge in [-0.1, -0.05) is 30.3 Å². The van der Waals surface area contributed by atoms with Gasteiger partial charge in [-0.25, -0.2) is 4.98 Å². The number of benzene rings is 2. The molecule has 0 aliphatic heterocycles. The van der Waals surface area contributed by atoms with Crippen LogP contribution in [0.4, 0.5) is 5.69 Å². The molecule has 0 bridgehead atoms. The van der Waals surface area contributed by atoms with E-state index in [1.54, 1.807) is 11.8 Å². The minimum atomic E-state index is -0.110. The van der Waals surface area contributed by atoms with Crippen molar-refractivity contribution >= 4 is 44.9 Å². The van der Waals surface area contributed by atoms with Crippen molar-refractivity contribution in [2.45, 2.75) is 17.6 Å². The Balaban J connectivity index is 1.54. The first-order chi connectivity index (χ1) is 13.6. The number of fused-ring (bicyclic) bond motifs is 1. The maximum atomic E-state index is 12.7. The molecule has 4 aromatic rings. The molecule has 0 radical (unpaired) electrons. The summed E-state index contributed by atoms with van der Waals surface area (Å²) in [5, 5.41) is 5.37. The molecule has 0 saturated heterocycles. The zero-order valence-electron chi connectivity index (χ0n) is 15.1. The van der Waals surface area contributed by atoms with Crippen LogP contribution in [0.25, 0.3) is 21.3 Å². The lowest BCUT2D eigenvalue weighted by Gasteiger charge is -2.05. The van der Waals surface area contributed by atoms with Crippen LogP contribution < -0.4 is 10.9 Å².